The molecule has 0 radical (unpaired) electrons. The number of methoxy groups -OCH3 is 4. The number of hydrogen-bond donors (Lipinski definition) is 0. The average molecular weight is 304 g/mol. The largest absolute Gasteiger partial charge is 0.494 e. The van der Waals surface area contributed by atoms with Gasteiger partial charge in [-0.3, -0.25) is 0 Å². The lowest BCUT2D eigenvalue weighted by Crippen LogP contribution is -1.94. The fourth-order valence-electron chi connectivity index (χ4n) is 1.69. The Hall–Kier alpha value is -2.90. The summed E-state index contributed by atoms with van der Waals surface area (Å²) in [5.74, 6) is 2.24. The maximum atomic E-state index is 5.25. The highest BCUT2D eigenvalue weighted by molar-refractivity contribution is 5.60. The minimum absolute atomic E-state index is 0.217. The van der Waals surface area contributed by atoms with Crippen molar-refractivity contribution >= 4 is 11.6 Å². The second-order valence-corrected chi connectivity index (χ2v) is 4.01. The van der Waals surface area contributed by atoms with Crippen LogP contribution in [0.4, 0.5) is 11.6 Å². The van der Waals surface area contributed by atoms with E-state index in [1.807, 2.05) is 0 Å². The van der Waals surface area contributed by atoms with Crippen molar-refractivity contribution in [2.24, 2.45) is 10.2 Å². The van der Waals surface area contributed by atoms with E-state index >= 15 is 0 Å². The van der Waals surface area contributed by atoms with Crippen LogP contribution < -0.4 is 18.9 Å². The average Bonchev–Trinajstić information content (AvgIpc) is 2.59. The van der Waals surface area contributed by atoms with Gasteiger partial charge in [-0.1, -0.05) is 0 Å². The van der Waals surface area contributed by atoms with E-state index in [1.165, 1.54) is 40.8 Å². The van der Waals surface area contributed by atoms with Crippen LogP contribution in [0.25, 0.3) is 0 Å². The zero-order valence-corrected chi connectivity index (χ0v) is 12.7. The molecule has 0 aliphatic rings. The third-order valence-corrected chi connectivity index (χ3v) is 2.75. The molecule has 1 aromatic heterocycles. The van der Waals surface area contributed by atoms with Gasteiger partial charge in [-0.25, -0.2) is 9.97 Å². The van der Waals surface area contributed by atoms with Gasteiger partial charge in [0.05, 0.1) is 46.5 Å². The molecule has 0 saturated heterocycles. The van der Waals surface area contributed by atoms with Crippen LogP contribution in [0.1, 0.15) is 0 Å². The SMILES string of the molecule is COc1cnc(N=Nc2cc(OC)c(OC)c(OC)c2)nc1. The first-order valence-electron chi connectivity index (χ1n) is 6.29. The molecule has 1 heterocycles. The summed E-state index contributed by atoms with van der Waals surface area (Å²) in [6, 6.07) is 3.35. The molecule has 0 unspecified atom stereocenters. The quantitative estimate of drug-likeness (QED) is 0.762. The van der Waals surface area contributed by atoms with Crippen molar-refractivity contribution < 1.29 is 18.9 Å². The highest BCUT2D eigenvalue weighted by atomic mass is 16.5. The van der Waals surface area contributed by atoms with Gasteiger partial charge in [0.1, 0.15) is 0 Å². The molecule has 0 aliphatic carbocycles. The van der Waals surface area contributed by atoms with Gasteiger partial charge in [0.15, 0.2) is 17.2 Å². The molecule has 0 amide bonds. The molecule has 0 aliphatic heterocycles. The summed E-state index contributed by atoms with van der Waals surface area (Å²) in [4.78, 5) is 8.00. The summed E-state index contributed by atoms with van der Waals surface area (Å²) in [6.45, 7) is 0. The Morgan fingerprint density at radius 1 is 0.773 bits per heavy atom. The van der Waals surface area contributed by atoms with Crippen molar-refractivity contribution in [2.45, 2.75) is 0 Å². The Labute approximate surface area is 127 Å². The molecule has 8 heteroatoms. The Bertz CT molecular complexity index is 633. The zero-order valence-electron chi connectivity index (χ0n) is 12.7. The molecule has 2 aromatic rings. The lowest BCUT2D eigenvalue weighted by Gasteiger charge is -2.12. The number of rotatable bonds is 6. The van der Waals surface area contributed by atoms with Gasteiger partial charge in [0.25, 0.3) is 5.95 Å². The molecular weight excluding hydrogens is 288 g/mol. The van der Waals surface area contributed by atoms with Crippen LogP contribution in [0.5, 0.6) is 23.0 Å². The summed E-state index contributed by atoms with van der Waals surface area (Å²) in [7, 11) is 6.14. The van der Waals surface area contributed by atoms with E-state index in [4.69, 9.17) is 18.9 Å². The van der Waals surface area contributed by atoms with Crippen LogP contribution in [0.2, 0.25) is 0 Å². The second kappa shape index (κ2) is 7.21. The topological polar surface area (TPSA) is 87.4 Å². The van der Waals surface area contributed by atoms with Crippen LogP contribution in [-0.4, -0.2) is 38.4 Å². The van der Waals surface area contributed by atoms with Gasteiger partial charge >= 0.3 is 0 Å². The first-order valence-corrected chi connectivity index (χ1v) is 6.29. The van der Waals surface area contributed by atoms with Gasteiger partial charge in [-0.05, 0) is 0 Å². The van der Waals surface area contributed by atoms with Gasteiger partial charge in [-0.2, -0.15) is 0 Å². The summed E-state index contributed by atoms with van der Waals surface area (Å²) in [5.41, 5.74) is 0.522. The van der Waals surface area contributed by atoms with E-state index in [2.05, 4.69) is 20.2 Å². The molecule has 0 N–H and O–H groups in total. The number of azo groups is 1. The van der Waals surface area contributed by atoms with Gasteiger partial charge in [0, 0.05) is 12.1 Å². The van der Waals surface area contributed by atoms with E-state index in [-0.39, 0.29) is 5.95 Å². The van der Waals surface area contributed by atoms with Crippen molar-refractivity contribution in [3.8, 4) is 23.0 Å². The predicted molar refractivity (Wildman–Crippen MR) is 78.9 cm³/mol. The van der Waals surface area contributed by atoms with Gasteiger partial charge in [-0.15, -0.1) is 10.2 Å². The third-order valence-electron chi connectivity index (χ3n) is 2.75. The Balaban J connectivity index is 2.29. The summed E-state index contributed by atoms with van der Waals surface area (Å²) in [6.07, 6.45) is 3.02. The molecule has 2 rings (SSSR count). The van der Waals surface area contributed by atoms with Crippen molar-refractivity contribution in [1.29, 1.82) is 0 Å². The maximum Gasteiger partial charge on any atom is 0.269 e. The maximum absolute atomic E-state index is 5.25. The molecular formula is C14H16N4O4. The molecule has 1 aromatic carbocycles. The van der Waals surface area contributed by atoms with Crippen molar-refractivity contribution in [1.82, 2.24) is 9.97 Å². The first-order chi connectivity index (χ1) is 10.7. The van der Waals surface area contributed by atoms with E-state index in [0.29, 0.717) is 28.7 Å². The van der Waals surface area contributed by atoms with Crippen molar-refractivity contribution in [2.75, 3.05) is 28.4 Å². The Morgan fingerprint density at radius 2 is 1.36 bits per heavy atom. The highest BCUT2D eigenvalue weighted by Gasteiger charge is 2.13. The molecule has 116 valence electrons. The molecule has 0 atom stereocenters. The van der Waals surface area contributed by atoms with Crippen LogP contribution >= 0.6 is 0 Å². The fourth-order valence-corrected chi connectivity index (χ4v) is 1.69. The number of nitrogens with zero attached hydrogens (tertiary/aromatic N) is 4. The standard InChI is InChI=1S/C14H16N4O4/c1-19-10-7-15-14(16-8-10)18-17-9-5-11(20-2)13(22-4)12(6-9)21-3/h5-8H,1-4H3. The smallest absolute Gasteiger partial charge is 0.269 e. The van der Waals surface area contributed by atoms with E-state index in [9.17, 15) is 0 Å². The van der Waals surface area contributed by atoms with Gasteiger partial charge < -0.3 is 18.9 Å². The number of aromatic nitrogens is 2. The van der Waals surface area contributed by atoms with Crippen LogP contribution in [0.3, 0.4) is 0 Å². The minimum Gasteiger partial charge on any atom is -0.494 e. The minimum atomic E-state index is 0.217. The Kier molecular flexibility index (Phi) is 5.07. The lowest BCUT2D eigenvalue weighted by atomic mass is 10.2. The predicted octanol–water partition coefficient (Wildman–Crippen LogP) is 2.93. The molecule has 0 fully saturated rings. The van der Waals surface area contributed by atoms with Crippen molar-refractivity contribution in [3.05, 3.63) is 24.5 Å². The number of benzene rings is 1. The van der Waals surface area contributed by atoms with Crippen molar-refractivity contribution in [3.63, 3.8) is 0 Å². The number of ether oxygens (including phenoxy) is 4. The lowest BCUT2D eigenvalue weighted by molar-refractivity contribution is 0.324. The van der Waals surface area contributed by atoms with E-state index < -0.39 is 0 Å². The molecule has 0 bridgehead atoms. The Morgan fingerprint density at radius 3 is 1.82 bits per heavy atom. The molecule has 8 nitrogen and oxygen atoms in total. The van der Waals surface area contributed by atoms with Crippen LogP contribution in [0.15, 0.2) is 34.8 Å². The second-order valence-electron chi connectivity index (χ2n) is 4.01. The molecule has 0 saturated carbocycles. The molecule has 0 spiro atoms. The van der Waals surface area contributed by atoms with Crippen LogP contribution in [0, 0.1) is 0 Å². The third kappa shape index (κ3) is 3.40. The monoisotopic (exact) mass is 304 g/mol. The van der Waals surface area contributed by atoms with Gasteiger partial charge in [0.2, 0.25) is 5.75 Å². The normalized spacial score (nSPS) is 10.5. The number of hydrogen-bond acceptors (Lipinski definition) is 8. The van der Waals surface area contributed by atoms with E-state index in [0.717, 1.165) is 0 Å². The zero-order chi connectivity index (χ0) is 15.9. The van der Waals surface area contributed by atoms with Crippen LogP contribution in [-0.2, 0) is 0 Å². The first kappa shape index (κ1) is 15.5. The summed E-state index contributed by atoms with van der Waals surface area (Å²) in [5, 5.41) is 8.02. The fraction of sp³-hybridized carbons (Fsp3) is 0.286. The highest BCUT2D eigenvalue weighted by Crippen LogP contribution is 2.41. The summed E-state index contributed by atoms with van der Waals surface area (Å²) < 4.78 is 20.7. The van der Waals surface area contributed by atoms with E-state index in [1.54, 1.807) is 12.1 Å². The summed E-state index contributed by atoms with van der Waals surface area (Å²) >= 11 is 0. The molecule has 22 heavy (non-hydrogen) atoms.